The van der Waals surface area contributed by atoms with Crippen molar-refractivity contribution in [3.05, 3.63) is 48.3 Å². The van der Waals surface area contributed by atoms with Crippen LogP contribution in [0.2, 0.25) is 0 Å². The largest absolute Gasteiger partial charge is 0.471 e. The minimum atomic E-state index is -0.0876. The van der Waals surface area contributed by atoms with Crippen LogP contribution in [0.4, 0.5) is 0 Å². The van der Waals surface area contributed by atoms with E-state index >= 15 is 0 Å². The highest BCUT2D eigenvalue weighted by Gasteiger charge is 2.17. The third-order valence-corrected chi connectivity index (χ3v) is 4.17. The number of para-hydroxylation sites is 1. The maximum atomic E-state index is 12.3. The highest BCUT2D eigenvalue weighted by Crippen LogP contribution is 2.17. The number of ether oxygens (including phenoxy) is 1. The second kappa shape index (κ2) is 7.81. The van der Waals surface area contributed by atoms with E-state index in [-0.39, 0.29) is 11.9 Å². The van der Waals surface area contributed by atoms with Crippen LogP contribution in [0.5, 0.6) is 5.75 Å². The van der Waals surface area contributed by atoms with Crippen molar-refractivity contribution >= 4 is 5.91 Å². The predicted molar refractivity (Wildman–Crippen MR) is 88.3 cm³/mol. The molecule has 3 rings (SSSR count). The standard InChI is InChI=1S/C18H23N3O2/c22-18(19-15-8-4-1-2-5-9-15)17-12-13-21(20-17)14-23-16-10-6-3-7-11-16/h3,6-7,10-13,15H,1-2,4-5,8-9,14H2,(H,19,22). The molecule has 1 N–H and O–H groups in total. The Morgan fingerprint density at radius 1 is 1.13 bits per heavy atom. The summed E-state index contributed by atoms with van der Waals surface area (Å²) in [5, 5.41) is 7.40. The molecule has 0 saturated heterocycles. The molecule has 122 valence electrons. The van der Waals surface area contributed by atoms with E-state index in [2.05, 4.69) is 10.4 Å². The molecule has 5 heteroatoms. The Kier molecular flexibility index (Phi) is 5.29. The summed E-state index contributed by atoms with van der Waals surface area (Å²) < 4.78 is 7.25. The third kappa shape index (κ3) is 4.58. The topological polar surface area (TPSA) is 56.2 Å². The number of rotatable bonds is 5. The molecule has 1 heterocycles. The summed E-state index contributed by atoms with van der Waals surface area (Å²) in [7, 11) is 0. The smallest absolute Gasteiger partial charge is 0.271 e. The van der Waals surface area contributed by atoms with Crippen LogP contribution in [0, 0.1) is 0 Å². The van der Waals surface area contributed by atoms with Gasteiger partial charge in [-0.15, -0.1) is 0 Å². The van der Waals surface area contributed by atoms with Crippen LogP contribution in [0.15, 0.2) is 42.6 Å². The normalized spacial score (nSPS) is 15.8. The second-order valence-corrected chi connectivity index (χ2v) is 5.99. The first-order chi connectivity index (χ1) is 11.3. The van der Waals surface area contributed by atoms with Crippen LogP contribution in [-0.2, 0) is 6.73 Å². The number of nitrogens with zero attached hydrogens (tertiary/aromatic N) is 2. The van der Waals surface area contributed by atoms with Crippen molar-refractivity contribution in [1.29, 1.82) is 0 Å². The lowest BCUT2D eigenvalue weighted by Crippen LogP contribution is -2.34. The fourth-order valence-corrected chi connectivity index (χ4v) is 2.90. The molecule has 1 saturated carbocycles. The number of benzene rings is 1. The minimum absolute atomic E-state index is 0.0876. The first kappa shape index (κ1) is 15.6. The van der Waals surface area contributed by atoms with Gasteiger partial charge in [0.05, 0.1) is 0 Å². The van der Waals surface area contributed by atoms with Crippen molar-refractivity contribution in [2.24, 2.45) is 0 Å². The molecule has 5 nitrogen and oxygen atoms in total. The maximum absolute atomic E-state index is 12.3. The van der Waals surface area contributed by atoms with Gasteiger partial charge in [0.2, 0.25) is 0 Å². The lowest BCUT2D eigenvalue weighted by atomic mass is 10.1. The van der Waals surface area contributed by atoms with Crippen molar-refractivity contribution < 1.29 is 9.53 Å². The van der Waals surface area contributed by atoms with Gasteiger partial charge < -0.3 is 10.1 Å². The number of hydrogen-bond acceptors (Lipinski definition) is 3. The lowest BCUT2D eigenvalue weighted by Gasteiger charge is -2.15. The number of carbonyl (C=O) groups is 1. The Hall–Kier alpha value is -2.30. The van der Waals surface area contributed by atoms with E-state index in [1.54, 1.807) is 16.9 Å². The Balaban J connectivity index is 1.52. The summed E-state index contributed by atoms with van der Waals surface area (Å²) >= 11 is 0. The second-order valence-electron chi connectivity index (χ2n) is 5.99. The summed E-state index contributed by atoms with van der Waals surface area (Å²) in [4.78, 5) is 12.3. The van der Waals surface area contributed by atoms with Gasteiger partial charge in [0.15, 0.2) is 6.73 Å². The van der Waals surface area contributed by atoms with Gasteiger partial charge in [0.25, 0.3) is 5.91 Å². The molecule has 0 spiro atoms. The van der Waals surface area contributed by atoms with Gasteiger partial charge in [0, 0.05) is 12.2 Å². The highest BCUT2D eigenvalue weighted by molar-refractivity contribution is 5.92. The van der Waals surface area contributed by atoms with Crippen LogP contribution >= 0.6 is 0 Å². The lowest BCUT2D eigenvalue weighted by molar-refractivity contribution is 0.0926. The molecular formula is C18H23N3O2. The zero-order chi connectivity index (χ0) is 15.9. The van der Waals surface area contributed by atoms with E-state index in [1.165, 1.54) is 25.7 Å². The average Bonchev–Trinajstić information content (AvgIpc) is 2.92. The molecule has 2 aromatic rings. The van der Waals surface area contributed by atoms with E-state index in [1.807, 2.05) is 30.3 Å². The molecular weight excluding hydrogens is 290 g/mol. The Labute approximate surface area is 136 Å². The third-order valence-electron chi connectivity index (χ3n) is 4.17. The van der Waals surface area contributed by atoms with Crippen LogP contribution in [0.3, 0.4) is 0 Å². The van der Waals surface area contributed by atoms with Crippen molar-refractivity contribution in [2.75, 3.05) is 0 Å². The van der Waals surface area contributed by atoms with Crippen molar-refractivity contribution in [2.45, 2.75) is 51.3 Å². The summed E-state index contributed by atoms with van der Waals surface area (Å²) in [6.07, 6.45) is 8.86. The summed E-state index contributed by atoms with van der Waals surface area (Å²) in [5.41, 5.74) is 0.450. The first-order valence-electron chi connectivity index (χ1n) is 8.33. The number of hydrogen-bond donors (Lipinski definition) is 1. The van der Waals surface area contributed by atoms with Gasteiger partial charge in [-0.3, -0.25) is 4.79 Å². The number of amides is 1. The van der Waals surface area contributed by atoms with Gasteiger partial charge in [0.1, 0.15) is 11.4 Å². The molecule has 1 aliphatic rings. The van der Waals surface area contributed by atoms with Crippen LogP contribution in [0.25, 0.3) is 0 Å². The number of aromatic nitrogens is 2. The SMILES string of the molecule is O=C(NC1CCCCCC1)c1ccn(COc2ccccc2)n1. The molecule has 1 aromatic carbocycles. The molecule has 0 atom stereocenters. The van der Waals surface area contributed by atoms with Gasteiger partial charge in [-0.1, -0.05) is 43.9 Å². The summed E-state index contributed by atoms with van der Waals surface area (Å²) in [5.74, 6) is 0.697. The minimum Gasteiger partial charge on any atom is -0.471 e. The predicted octanol–water partition coefficient (Wildman–Crippen LogP) is 3.37. The van der Waals surface area contributed by atoms with E-state index in [4.69, 9.17) is 4.74 Å². The Morgan fingerprint density at radius 3 is 2.61 bits per heavy atom. The number of carbonyl (C=O) groups excluding carboxylic acids is 1. The van der Waals surface area contributed by atoms with Gasteiger partial charge in [-0.2, -0.15) is 5.10 Å². The van der Waals surface area contributed by atoms with Crippen molar-refractivity contribution in [1.82, 2.24) is 15.1 Å². The van der Waals surface area contributed by atoms with E-state index in [0.29, 0.717) is 12.4 Å². The molecule has 0 radical (unpaired) electrons. The maximum Gasteiger partial charge on any atom is 0.271 e. The van der Waals surface area contributed by atoms with E-state index in [9.17, 15) is 4.79 Å². The molecule has 0 unspecified atom stereocenters. The Bertz CT molecular complexity index is 616. The highest BCUT2D eigenvalue weighted by atomic mass is 16.5. The quantitative estimate of drug-likeness (QED) is 0.861. The molecule has 0 bridgehead atoms. The average molecular weight is 313 g/mol. The van der Waals surface area contributed by atoms with Crippen LogP contribution in [-0.4, -0.2) is 21.7 Å². The van der Waals surface area contributed by atoms with Gasteiger partial charge >= 0.3 is 0 Å². The molecule has 1 fully saturated rings. The first-order valence-corrected chi connectivity index (χ1v) is 8.33. The van der Waals surface area contributed by atoms with Crippen LogP contribution in [0.1, 0.15) is 49.0 Å². The van der Waals surface area contributed by atoms with Gasteiger partial charge in [-0.25, -0.2) is 4.68 Å². The molecule has 1 aromatic heterocycles. The number of nitrogens with one attached hydrogen (secondary N) is 1. The fraction of sp³-hybridized carbons (Fsp3) is 0.444. The van der Waals surface area contributed by atoms with E-state index in [0.717, 1.165) is 18.6 Å². The zero-order valence-electron chi connectivity index (χ0n) is 13.3. The Morgan fingerprint density at radius 2 is 1.87 bits per heavy atom. The summed E-state index contributed by atoms with van der Waals surface area (Å²) in [6, 6.07) is 11.6. The fourth-order valence-electron chi connectivity index (χ4n) is 2.90. The molecule has 1 amide bonds. The van der Waals surface area contributed by atoms with Crippen LogP contribution < -0.4 is 10.1 Å². The monoisotopic (exact) mass is 313 g/mol. The summed E-state index contributed by atoms with van der Waals surface area (Å²) in [6.45, 7) is 0.292. The van der Waals surface area contributed by atoms with Crippen molar-refractivity contribution in [3.63, 3.8) is 0 Å². The van der Waals surface area contributed by atoms with Crippen molar-refractivity contribution in [3.8, 4) is 5.75 Å². The van der Waals surface area contributed by atoms with E-state index < -0.39 is 0 Å². The molecule has 23 heavy (non-hydrogen) atoms. The molecule has 1 aliphatic carbocycles. The molecule has 0 aliphatic heterocycles. The van der Waals surface area contributed by atoms with Gasteiger partial charge in [-0.05, 0) is 31.0 Å². The zero-order valence-corrected chi connectivity index (χ0v) is 13.3.